The molecule has 2 aromatic rings. The molecule has 1 fully saturated rings. The van der Waals surface area contributed by atoms with E-state index in [0.29, 0.717) is 31.4 Å². The number of carboxylic acid groups (broad SMARTS) is 2. The number of rotatable bonds is 17. The summed E-state index contributed by atoms with van der Waals surface area (Å²) in [5, 5.41) is 53.3. The average Bonchev–Trinajstić information content (AvgIpc) is 3.91. The van der Waals surface area contributed by atoms with Gasteiger partial charge in [-0.25, -0.2) is 14.4 Å². The predicted octanol–water partition coefficient (Wildman–Crippen LogP) is 3.47. The number of aliphatic hydroxyl groups is 2. The number of esters is 1. The molecule has 16 nitrogen and oxygen atoms in total. The summed E-state index contributed by atoms with van der Waals surface area (Å²) < 4.78 is 6.84. The number of hydrogen-bond donors (Lipinski definition) is 9. The number of aryl methyl sites for hydroxylation is 1. The number of allylic oxidation sites excluding steroid dienone is 1. The number of carbonyl (C=O) groups is 5. The maximum absolute atomic E-state index is 15.5. The predicted molar refractivity (Wildman–Crippen MR) is 251 cm³/mol. The smallest absolute Gasteiger partial charge is 0.353 e. The second-order valence-electron chi connectivity index (χ2n) is 18.6. The monoisotopic (exact) mass is 940 g/mol. The number of carbonyl (C=O) groups excluding carboxylic acids is 3. The van der Waals surface area contributed by atoms with Crippen LogP contribution in [0.5, 0.6) is 0 Å². The minimum absolute atomic E-state index is 0.0780. The molecule has 67 heavy (non-hydrogen) atoms. The van der Waals surface area contributed by atoms with Gasteiger partial charge in [-0.1, -0.05) is 73.8 Å². The van der Waals surface area contributed by atoms with Gasteiger partial charge in [-0.05, 0) is 111 Å². The van der Waals surface area contributed by atoms with Crippen molar-refractivity contribution >= 4 is 41.5 Å². The van der Waals surface area contributed by atoms with Crippen molar-refractivity contribution in [1.29, 1.82) is 0 Å². The molecule has 7 rings (SSSR count). The number of amides is 2. The van der Waals surface area contributed by atoms with Crippen LogP contribution in [0.4, 0.5) is 0 Å². The van der Waals surface area contributed by atoms with E-state index < -0.39 is 71.2 Å². The molecule has 360 valence electrons. The molecule has 4 aliphatic carbocycles. The standard InChI is InChI=1S/C50H64N6O10S/c1-51-30-54-50(65,46(62)63)24-17-38(57)55-37(43(58)56-44(59)45(60)61)29-67-42-41-40-34(13-4-3-7-20-48(42)21-8-9-22-48)28-35(27-31-18-25-53-26-19-31)39-36(52-2)16-15-33-12-6-5-11-32(33)14-10-23-49(39,40)47(64)66-41/h5-6,11-12,18-19,25-26,34,36-37,42,44,51-52,54,59,65H,3-4,7-9,13-17,20-22,24,27-30H2,1-2H3,(H,55,57)(H,56,58)(H,60,61)(H,62,63). The van der Waals surface area contributed by atoms with E-state index in [-0.39, 0.29) is 29.8 Å². The van der Waals surface area contributed by atoms with Crippen LogP contribution in [0.2, 0.25) is 0 Å². The minimum Gasteiger partial charge on any atom is -0.478 e. The maximum atomic E-state index is 15.5. The number of aliphatic carboxylic acids is 2. The van der Waals surface area contributed by atoms with E-state index in [0.717, 1.165) is 92.1 Å². The molecule has 5 aliphatic rings. The third-order valence-electron chi connectivity index (χ3n) is 14.4. The van der Waals surface area contributed by atoms with Crippen molar-refractivity contribution < 1.29 is 49.1 Å². The van der Waals surface area contributed by atoms with E-state index in [1.54, 1.807) is 19.4 Å². The first kappa shape index (κ1) is 49.8. The highest BCUT2D eigenvalue weighted by Crippen LogP contribution is 2.62. The molecule has 7 atom stereocenters. The lowest BCUT2D eigenvalue weighted by Gasteiger charge is -2.44. The molecule has 17 heteroatoms. The fourth-order valence-corrected chi connectivity index (χ4v) is 12.8. The summed E-state index contributed by atoms with van der Waals surface area (Å²) in [6.45, 7) is -0.0780. The van der Waals surface area contributed by atoms with Crippen LogP contribution < -0.4 is 26.6 Å². The Bertz CT molecular complexity index is 2310. The number of likely N-dealkylation sites (N-methyl/N-ethyl adjacent to an activating group) is 1. The van der Waals surface area contributed by atoms with Crippen LogP contribution in [-0.4, -0.2) is 111 Å². The Kier molecular flexibility index (Phi) is 16.3. The van der Waals surface area contributed by atoms with Gasteiger partial charge in [0, 0.05) is 55.7 Å². The van der Waals surface area contributed by atoms with Crippen LogP contribution in [-0.2, 0) is 48.0 Å². The second kappa shape index (κ2) is 21.9. The molecule has 1 saturated carbocycles. The fourth-order valence-electron chi connectivity index (χ4n) is 11.1. The molecule has 2 amide bonds. The van der Waals surface area contributed by atoms with Gasteiger partial charge in [0.1, 0.15) is 11.8 Å². The third-order valence-corrected chi connectivity index (χ3v) is 16.0. The maximum Gasteiger partial charge on any atom is 0.353 e. The molecule has 2 heterocycles. The summed E-state index contributed by atoms with van der Waals surface area (Å²) in [6, 6.07) is 10.7. The van der Waals surface area contributed by atoms with E-state index >= 15 is 4.79 Å². The van der Waals surface area contributed by atoms with Gasteiger partial charge in [0.25, 0.3) is 0 Å². The van der Waals surface area contributed by atoms with Gasteiger partial charge in [0.2, 0.25) is 23.8 Å². The van der Waals surface area contributed by atoms with Crippen LogP contribution in [0.15, 0.2) is 71.3 Å². The van der Waals surface area contributed by atoms with E-state index in [1.165, 1.54) is 17.3 Å². The topological polar surface area (TPSA) is 249 Å². The van der Waals surface area contributed by atoms with Gasteiger partial charge >= 0.3 is 17.9 Å². The number of nitrogens with zero attached hydrogens (tertiary/aromatic N) is 1. The van der Waals surface area contributed by atoms with Crippen molar-refractivity contribution in [3.8, 4) is 11.8 Å². The molecule has 1 aromatic carbocycles. The highest BCUT2D eigenvalue weighted by molar-refractivity contribution is 8.00. The molecular weight excluding hydrogens is 877 g/mol. The Morgan fingerprint density at radius 3 is 2.36 bits per heavy atom. The molecule has 0 bridgehead atoms. The summed E-state index contributed by atoms with van der Waals surface area (Å²) in [5.41, 5.74) is 2.14. The Labute approximate surface area is 396 Å². The first-order valence-electron chi connectivity index (χ1n) is 23.5. The molecule has 7 unspecified atom stereocenters. The number of hydrogen-bond acceptors (Lipinski definition) is 13. The number of ether oxygens (including phenoxy) is 1. The van der Waals surface area contributed by atoms with Crippen molar-refractivity contribution in [3.05, 3.63) is 88.0 Å². The van der Waals surface area contributed by atoms with Crippen LogP contribution in [0, 0.1) is 28.6 Å². The minimum atomic E-state index is -2.47. The van der Waals surface area contributed by atoms with Crippen molar-refractivity contribution in [3.63, 3.8) is 0 Å². The lowest BCUT2D eigenvalue weighted by molar-refractivity contribution is -0.164. The quantitative estimate of drug-likeness (QED) is 0.0477. The summed E-state index contributed by atoms with van der Waals surface area (Å²) in [6.07, 6.45) is 11.5. The van der Waals surface area contributed by atoms with Gasteiger partial charge in [0.15, 0.2) is 5.41 Å². The SMILES string of the molecule is CNCNC(O)(CCC(=O)NC(CSC1C2=C3C(CCCCCC14CCCC4)CC(Cc1ccncc1)=C1C(NC)CCc4ccccc4CC#CC31C(=O)O2)C(=O)NC(O)C(=O)O)C(=O)O. The number of fused-ring (bicyclic) bond motifs is 1. The first-order valence-corrected chi connectivity index (χ1v) is 24.6. The Balaban J connectivity index is 1.35. The lowest BCUT2D eigenvalue weighted by Crippen LogP contribution is -2.56. The van der Waals surface area contributed by atoms with E-state index in [9.17, 15) is 39.6 Å². The van der Waals surface area contributed by atoms with Crippen LogP contribution in [0.3, 0.4) is 0 Å². The van der Waals surface area contributed by atoms with Gasteiger partial charge in [-0.3, -0.25) is 19.9 Å². The van der Waals surface area contributed by atoms with Gasteiger partial charge < -0.3 is 46.4 Å². The molecule has 1 aromatic heterocycles. The first-order chi connectivity index (χ1) is 32.2. The number of pyridine rings is 1. The lowest BCUT2D eigenvalue weighted by atomic mass is 9.58. The van der Waals surface area contributed by atoms with Gasteiger partial charge in [0.05, 0.1) is 5.25 Å². The third kappa shape index (κ3) is 10.8. The molecule has 0 radical (unpaired) electrons. The van der Waals surface area contributed by atoms with E-state index in [4.69, 9.17) is 4.74 Å². The summed E-state index contributed by atoms with van der Waals surface area (Å²) in [5.74, 6) is 2.01. The fraction of sp³-hybridized carbons (Fsp3) is 0.560. The summed E-state index contributed by atoms with van der Waals surface area (Å²) in [4.78, 5) is 71.0. The molecular formula is C50H64N6O10S. The zero-order valence-electron chi connectivity index (χ0n) is 38.3. The zero-order chi connectivity index (χ0) is 47.8. The molecule has 2 spiro atoms. The molecule has 1 aliphatic heterocycles. The van der Waals surface area contributed by atoms with Crippen molar-refractivity contribution in [2.45, 2.75) is 132 Å². The van der Waals surface area contributed by atoms with E-state index in [1.807, 2.05) is 31.3 Å². The summed E-state index contributed by atoms with van der Waals surface area (Å²) in [7, 11) is 3.48. The van der Waals surface area contributed by atoms with Gasteiger partial charge in [-0.15, -0.1) is 11.8 Å². The van der Waals surface area contributed by atoms with Gasteiger partial charge in [-0.2, -0.15) is 0 Å². The number of nitrogens with one attached hydrogen (secondary N) is 5. The average molecular weight is 941 g/mol. The number of thioether (sulfide) groups is 1. The largest absolute Gasteiger partial charge is 0.478 e. The Morgan fingerprint density at radius 2 is 1.67 bits per heavy atom. The number of benzene rings is 1. The number of carboxylic acids is 2. The highest BCUT2D eigenvalue weighted by Gasteiger charge is 2.62. The zero-order valence-corrected chi connectivity index (χ0v) is 39.1. The van der Waals surface area contributed by atoms with Crippen LogP contribution in [0.25, 0.3) is 0 Å². The summed E-state index contributed by atoms with van der Waals surface area (Å²) >= 11 is 1.37. The van der Waals surface area contributed by atoms with Crippen molar-refractivity contribution in [2.75, 3.05) is 26.5 Å². The number of aliphatic hydroxyl groups excluding tert-OH is 1. The normalized spacial score (nSPS) is 25.2. The number of aromatic nitrogens is 1. The van der Waals surface area contributed by atoms with Crippen molar-refractivity contribution in [2.24, 2.45) is 16.7 Å². The second-order valence-corrected chi connectivity index (χ2v) is 19.8. The van der Waals surface area contributed by atoms with Crippen molar-refractivity contribution in [1.82, 2.24) is 31.6 Å². The molecule has 9 N–H and O–H groups in total. The Morgan fingerprint density at radius 1 is 0.955 bits per heavy atom. The van der Waals surface area contributed by atoms with Crippen LogP contribution in [0.1, 0.15) is 100 Å². The van der Waals surface area contributed by atoms with E-state index in [2.05, 4.69) is 55.5 Å². The Hall–Kier alpha value is -5.09. The van der Waals surface area contributed by atoms with Crippen LogP contribution >= 0.6 is 11.8 Å². The molecule has 0 saturated heterocycles. The highest BCUT2D eigenvalue weighted by atomic mass is 32.2.